The smallest absolute Gasteiger partial charge is 0.422 e. The molecule has 0 saturated carbocycles. The van der Waals surface area contributed by atoms with Crippen molar-refractivity contribution in [1.82, 2.24) is 0 Å². The molecule has 0 heterocycles. The third kappa shape index (κ3) is 11.1. The van der Waals surface area contributed by atoms with Crippen molar-refractivity contribution in [2.75, 3.05) is 12.4 Å². The zero-order valence-electron chi connectivity index (χ0n) is 4.59. The molecule has 0 aliphatic rings. The van der Waals surface area contributed by atoms with Crippen LogP contribution in [-0.4, -0.2) is 21.0 Å². The van der Waals surface area contributed by atoms with Crippen molar-refractivity contribution in [3.05, 3.63) is 0 Å². The van der Waals surface area contributed by atoms with E-state index in [1.54, 1.807) is 0 Å². The van der Waals surface area contributed by atoms with Gasteiger partial charge in [0, 0.05) is 5.75 Å². The molecule has 5 heteroatoms. The molecule has 0 unspecified atom stereocenters. The second-order valence-electron chi connectivity index (χ2n) is 0.822. The number of hydrogen-bond donors (Lipinski definition) is 1. The maximum atomic E-state index is 8.19. The zero-order chi connectivity index (χ0) is 5.70. The summed E-state index contributed by atoms with van der Waals surface area (Å²) in [5.74, 6) is 0.627. The summed E-state index contributed by atoms with van der Waals surface area (Å²) in [6.45, 7) is 0.154. The van der Waals surface area contributed by atoms with E-state index in [0.29, 0.717) is 9.28 Å². The van der Waals surface area contributed by atoms with Crippen LogP contribution in [0, 0.1) is 0 Å². The Bertz CT molecular complexity index is 67.5. The maximum Gasteiger partial charge on any atom is 1.00 e. The summed E-state index contributed by atoms with van der Waals surface area (Å²) in [6.07, 6.45) is 0. The summed E-state index contributed by atoms with van der Waals surface area (Å²) in [4.78, 5) is 0. The zero-order valence-corrected chi connectivity index (χ0v) is 10.2. The van der Waals surface area contributed by atoms with Crippen LogP contribution in [0.4, 0.5) is 0 Å². The fourth-order valence-electron chi connectivity index (χ4n) is 0.129. The van der Waals surface area contributed by atoms with Gasteiger partial charge < -0.3 is 30.0 Å². The molecule has 0 rings (SSSR count). The first-order valence-electron chi connectivity index (χ1n) is 1.72. The van der Waals surface area contributed by atoms with Crippen LogP contribution in [0.1, 0.15) is 0 Å². The van der Waals surface area contributed by atoms with Gasteiger partial charge in [-0.3, -0.25) is 0 Å². The minimum Gasteiger partial charge on any atom is -0.422 e. The molecule has 0 aromatic heterocycles. The van der Waals surface area contributed by atoms with Crippen molar-refractivity contribution in [1.29, 1.82) is 0 Å². The van der Waals surface area contributed by atoms with E-state index < -0.39 is 0 Å². The Hall–Kier alpha value is 2.26. The van der Waals surface area contributed by atoms with E-state index in [9.17, 15) is 0 Å². The van der Waals surface area contributed by atoms with Gasteiger partial charge in [0.15, 0.2) is 0 Å². The first kappa shape index (κ1) is 12.9. The van der Waals surface area contributed by atoms with E-state index in [4.69, 9.17) is 5.11 Å². The molecular formula is C3H5KOS3. The maximum absolute atomic E-state index is 8.19. The van der Waals surface area contributed by atoms with Crippen LogP contribution < -0.4 is 51.4 Å². The average molecular weight is 192 g/mol. The summed E-state index contributed by atoms with van der Waals surface area (Å²) >= 11 is 10.4. The first-order chi connectivity index (χ1) is 3.27. The Labute approximate surface area is 107 Å². The van der Waals surface area contributed by atoms with Gasteiger partial charge in [-0.15, -0.1) is 11.8 Å². The average Bonchev–Trinajstić information content (AvgIpc) is 1.61. The minimum atomic E-state index is 0. The number of rotatable bonds is 2. The van der Waals surface area contributed by atoms with Crippen LogP contribution in [0.2, 0.25) is 0 Å². The monoisotopic (exact) mass is 192 g/mol. The molecule has 0 aromatic rings. The van der Waals surface area contributed by atoms with Crippen LogP contribution in [0.25, 0.3) is 0 Å². The van der Waals surface area contributed by atoms with Crippen molar-refractivity contribution in [3.8, 4) is 0 Å². The van der Waals surface area contributed by atoms with Crippen molar-refractivity contribution in [2.24, 2.45) is 0 Å². The summed E-state index contributed by atoms with van der Waals surface area (Å²) in [5, 5.41) is 8.19. The largest absolute Gasteiger partial charge is 1.00 e. The van der Waals surface area contributed by atoms with E-state index in [2.05, 4.69) is 24.8 Å². The number of aliphatic hydroxyl groups excluding tert-OH is 1. The topological polar surface area (TPSA) is 20.2 Å². The summed E-state index contributed by atoms with van der Waals surface area (Å²) in [7, 11) is 0. The van der Waals surface area contributed by atoms with E-state index in [-0.39, 0.29) is 58.0 Å². The second kappa shape index (κ2) is 9.26. The van der Waals surface area contributed by atoms with Gasteiger partial charge in [0.25, 0.3) is 0 Å². The van der Waals surface area contributed by atoms with Crippen LogP contribution in [0.15, 0.2) is 0 Å². The van der Waals surface area contributed by atoms with E-state index in [1.807, 2.05) is 0 Å². The second-order valence-corrected chi connectivity index (χ2v) is 3.52. The van der Waals surface area contributed by atoms with Gasteiger partial charge in [-0.2, -0.15) is 0 Å². The molecule has 0 radical (unpaired) electrons. The quantitative estimate of drug-likeness (QED) is 0.298. The van der Waals surface area contributed by atoms with Gasteiger partial charge in [0.2, 0.25) is 0 Å². The SMILES string of the molecule is OCCSC(=S)[S-].[K+]. The number of hydrogen-bond acceptors (Lipinski definition) is 4. The third-order valence-electron chi connectivity index (χ3n) is 0.311. The number of aliphatic hydroxyl groups is 1. The third-order valence-corrected chi connectivity index (χ3v) is 1.64. The standard InChI is InChI=1S/C3H6OS3.K/c4-1-2-7-3(5)6;/h4H,1-2H2,(H,5,6);/q;+1/p-1. The fourth-order valence-corrected chi connectivity index (χ4v) is 0.887. The molecule has 0 fully saturated rings. The molecule has 1 nitrogen and oxygen atoms in total. The summed E-state index contributed by atoms with van der Waals surface area (Å²) in [6, 6.07) is 0. The van der Waals surface area contributed by atoms with Crippen LogP contribution >= 0.6 is 24.0 Å². The molecule has 1 N–H and O–H groups in total. The minimum absolute atomic E-state index is 0. The molecule has 0 amide bonds. The van der Waals surface area contributed by atoms with Crippen molar-refractivity contribution < 1.29 is 56.5 Å². The molecular weight excluding hydrogens is 187 g/mol. The van der Waals surface area contributed by atoms with Gasteiger partial charge in [-0.25, -0.2) is 0 Å². The number of thiocarbonyl (C=S) groups is 1. The summed E-state index contributed by atoms with van der Waals surface area (Å²) in [5.41, 5.74) is 0. The Balaban J connectivity index is 0. The van der Waals surface area contributed by atoms with E-state index in [0.717, 1.165) is 0 Å². The van der Waals surface area contributed by atoms with Crippen LogP contribution in [0.5, 0.6) is 0 Å². The molecule has 0 aliphatic carbocycles. The van der Waals surface area contributed by atoms with Gasteiger partial charge in [0.1, 0.15) is 0 Å². The molecule has 0 aliphatic heterocycles. The number of thioether (sulfide) groups is 1. The Morgan fingerprint density at radius 3 is 2.38 bits per heavy atom. The van der Waals surface area contributed by atoms with Crippen molar-refractivity contribution in [3.63, 3.8) is 0 Å². The first-order valence-corrected chi connectivity index (χ1v) is 3.52. The van der Waals surface area contributed by atoms with Crippen LogP contribution in [0.3, 0.4) is 0 Å². The Morgan fingerprint density at radius 2 is 2.25 bits per heavy atom. The van der Waals surface area contributed by atoms with Gasteiger partial charge in [-0.1, -0.05) is 3.53 Å². The Kier molecular flexibility index (Phi) is 14.9. The molecule has 0 spiro atoms. The molecule has 0 saturated heterocycles. The molecule has 0 aromatic carbocycles. The van der Waals surface area contributed by atoms with Gasteiger partial charge in [-0.05, 0) is 0 Å². The normalized spacial score (nSPS) is 7.62. The molecule has 0 atom stereocenters. The van der Waals surface area contributed by atoms with E-state index in [1.165, 1.54) is 11.8 Å². The van der Waals surface area contributed by atoms with Crippen LogP contribution in [-0.2, 0) is 12.6 Å². The molecule has 0 bridgehead atoms. The van der Waals surface area contributed by atoms with Crippen molar-refractivity contribution >= 4 is 40.1 Å². The van der Waals surface area contributed by atoms with Gasteiger partial charge in [0.05, 0.1) is 6.61 Å². The summed E-state index contributed by atoms with van der Waals surface area (Å²) < 4.78 is 0.481. The molecule has 42 valence electrons. The van der Waals surface area contributed by atoms with Gasteiger partial charge >= 0.3 is 51.4 Å². The fraction of sp³-hybridized carbons (Fsp3) is 0.667. The predicted molar refractivity (Wildman–Crippen MR) is 39.5 cm³/mol. The van der Waals surface area contributed by atoms with Crippen molar-refractivity contribution in [2.45, 2.75) is 0 Å². The Morgan fingerprint density at radius 1 is 1.75 bits per heavy atom. The molecule has 8 heavy (non-hydrogen) atoms. The van der Waals surface area contributed by atoms with E-state index >= 15 is 0 Å². The predicted octanol–water partition coefficient (Wildman–Crippen LogP) is -2.45.